The maximum atomic E-state index is 11.3. The van der Waals surface area contributed by atoms with Gasteiger partial charge in [-0.1, -0.05) is 0 Å². The van der Waals surface area contributed by atoms with E-state index < -0.39 is 15.1 Å². The Morgan fingerprint density at radius 2 is 2.13 bits per heavy atom. The molecular formula is C8H12BrN3O2S. The fraction of sp³-hybridized carbons (Fsp3) is 0.500. The summed E-state index contributed by atoms with van der Waals surface area (Å²) in [4.78, 5) is 8.09. The summed E-state index contributed by atoms with van der Waals surface area (Å²) < 4.78 is 23.3. The molecule has 0 saturated carbocycles. The van der Waals surface area contributed by atoms with Crippen LogP contribution in [0.4, 0.5) is 5.82 Å². The van der Waals surface area contributed by atoms with Crippen LogP contribution in [-0.2, 0) is 9.84 Å². The highest BCUT2D eigenvalue weighted by Crippen LogP contribution is 2.23. The van der Waals surface area contributed by atoms with Crippen molar-refractivity contribution in [2.45, 2.75) is 12.2 Å². The summed E-state index contributed by atoms with van der Waals surface area (Å²) in [6.07, 6.45) is 2.71. The molecule has 0 amide bonds. The van der Waals surface area contributed by atoms with Gasteiger partial charge in [0.25, 0.3) is 0 Å². The Morgan fingerprint density at radius 3 is 2.60 bits per heavy atom. The van der Waals surface area contributed by atoms with Gasteiger partial charge in [0.1, 0.15) is 16.9 Å². The van der Waals surface area contributed by atoms with Crippen LogP contribution in [-0.4, -0.2) is 31.7 Å². The number of nitrogens with one attached hydrogen (secondary N) is 1. The Kier molecular flexibility index (Phi) is 3.67. The van der Waals surface area contributed by atoms with Gasteiger partial charge >= 0.3 is 0 Å². The molecule has 1 heterocycles. The summed E-state index contributed by atoms with van der Waals surface area (Å²) in [5.74, 6) is 0.876. The Balaban J connectivity index is 3.17. The molecule has 0 spiro atoms. The SMILES string of the molecule is CNc1nc(C(C)S(C)(=O)=O)ncc1Br. The second kappa shape index (κ2) is 4.44. The highest BCUT2D eigenvalue weighted by molar-refractivity contribution is 9.10. The van der Waals surface area contributed by atoms with Gasteiger partial charge in [-0.15, -0.1) is 0 Å². The molecule has 0 aliphatic heterocycles. The molecule has 1 rings (SSSR count). The van der Waals surface area contributed by atoms with Crippen LogP contribution >= 0.6 is 15.9 Å². The van der Waals surface area contributed by atoms with Crippen molar-refractivity contribution in [1.29, 1.82) is 0 Å². The van der Waals surface area contributed by atoms with Crippen molar-refractivity contribution in [2.75, 3.05) is 18.6 Å². The molecule has 0 aromatic carbocycles. The first-order chi connectivity index (χ1) is 6.86. The minimum atomic E-state index is -3.16. The van der Waals surface area contributed by atoms with E-state index in [-0.39, 0.29) is 0 Å². The summed E-state index contributed by atoms with van der Waals surface area (Å²) in [5, 5.41) is 2.15. The lowest BCUT2D eigenvalue weighted by atomic mass is 10.4. The number of halogens is 1. The van der Waals surface area contributed by atoms with Crippen LogP contribution in [0.25, 0.3) is 0 Å². The maximum absolute atomic E-state index is 11.3. The first kappa shape index (κ1) is 12.4. The molecule has 15 heavy (non-hydrogen) atoms. The van der Waals surface area contributed by atoms with E-state index in [2.05, 4.69) is 31.2 Å². The largest absolute Gasteiger partial charge is 0.372 e. The van der Waals surface area contributed by atoms with Gasteiger partial charge in [-0.25, -0.2) is 18.4 Å². The Bertz CT molecular complexity index is 461. The third-order valence-electron chi connectivity index (χ3n) is 2.01. The quantitative estimate of drug-likeness (QED) is 0.912. The van der Waals surface area contributed by atoms with E-state index in [1.807, 2.05) is 0 Å². The molecule has 1 aromatic heterocycles. The molecule has 1 aromatic rings. The van der Waals surface area contributed by atoms with Crippen molar-refractivity contribution >= 4 is 31.6 Å². The van der Waals surface area contributed by atoms with E-state index >= 15 is 0 Å². The molecule has 0 aliphatic carbocycles. The van der Waals surface area contributed by atoms with Gasteiger partial charge in [-0.05, 0) is 22.9 Å². The van der Waals surface area contributed by atoms with E-state index in [1.54, 1.807) is 14.0 Å². The Hall–Kier alpha value is -0.690. The van der Waals surface area contributed by atoms with Crippen molar-refractivity contribution in [2.24, 2.45) is 0 Å². The highest BCUT2D eigenvalue weighted by atomic mass is 79.9. The summed E-state index contributed by atoms with van der Waals surface area (Å²) in [6.45, 7) is 1.57. The van der Waals surface area contributed by atoms with Crippen molar-refractivity contribution < 1.29 is 8.42 Å². The molecule has 0 radical (unpaired) electrons. The minimum absolute atomic E-state index is 0.296. The smallest absolute Gasteiger partial charge is 0.157 e. The zero-order valence-electron chi connectivity index (χ0n) is 8.65. The predicted molar refractivity (Wildman–Crippen MR) is 62.5 cm³/mol. The zero-order valence-corrected chi connectivity index (χ0v) is 11.1. The van der Waals surface area contributed by atoms with Crippen LogP contribution in [0, 0.1) is 0 Å². The lowest BCUT2D eigenvalue weighted by Crippen LogP contribution is -2.12. The second-order valence-electron chi connectivity index (χ2n) is 3.15. The number of hydrogen-bond acceptors (Lipinski definition) is 5. The summed E-state index contributed by atoms with van der Waals surface area (Å²) >= 11 is 3.25. The first-order valence-electron chi connectivity index (χ1n) is 4.25. The average molecular weight is 294 g/mol. The van der Waals surface area contributed by atoms with E-state index in [4.69, 9.17) is 0 Å². The van der Waals surface area contributed by atoms with E-state index in [1.165, 1.54) is 12.5 Å². The van der Waals surface area contributed by atoms with Gasteiger partial charge in [0.2, 0.25) is 0 Å². The minimum Gasteiger partial charge on any atom is -0.372 e. The molecule has 0 fully saturated rings. The van der Waals surface area contributed by atoms with E-state index in [9.17, 15) is 8.42 Å². The Morgan fingerprint density at radius 1 is 1.53 bits per heavy atom. The van der Waals surface area contributed by atoms with Gasteiger partial charge in [-0.3, -0.25) is 0 Å². The van der Waals surface area contributed by atoms with Crippen LogP contribution in [0.2, 0.25) is 0 Å². The van der Waals surface area contributed by atoms with Gasteiger partial charge < -0.3 is 5.32 Å². The third kappa shape index (κ3) is 2.88. The van der Waals surface area contributed by atoms with Gasteiger partial charge in [0.05, 0.1) is 4.47 Å². The summed E-state index contributed by atoms with van der Waals surface area (Å²) in [6, 6.07) is 0. The normalized spacial score (nSPS) is 13.6. The number of sulfone groups is 1. The first-order valence-corrected chi connectivity index (χ1v) is 7.00. The van der Waals surface area contributed by atoms with Gasteiger partial charge in [0, 0.05) is 19.5 Å². The van der Waals surface area contributed by atoms with Gasteiger partial charge in [0.15, 0.2) is 9.84 Å². The van der Waals surface area contributed by atoms with Crippen molar-refractivity contribution in [3.63, 3.8) is 0 Å². The number of hydrogen-bond donors (Lipinski definition) is 1. The third-order valence-corrected chi connectivity index (χ3v) is 4.08. The van der Waals surface area contributed by atoms with Crippen LogP contribution in [0.1, 0.15) is 18.0 Å². The molecule has 0 bridgehead atoms. The van der Waals surface area contributed by atoms with Crippen LogP contribution in [0.15, 0.2) is 10.7 Å². The molecule has 84 valence electrons. The van der Waals surface area contributed by atoms with Crippen molar-refractivity contribution in [3.8, 4) is 0 Å². The molecule has 1 atom stereocenters. The lowest BCUT2D eigenvalue weighted by molar-refractivity contribution is 0.589. The van der Waals surface area contributed by atoms with Crippen LogP contribution < -0.4 is 5.32 Å². The van der Waals surface area contributed by atoms with E-state index in [0.29, 0.717) is 16.1 Å². The highest BCUT2D eigenvalue weighted by Gasteiger charge is 2.20. The van der Waals surface area contributed by atoms with Gasteiger partial charge in [-0.2, -0.15) is 0 Å². The summed E-state index contributed by atoms with van der Waals surface area (Å²) in [5.41, 5.74) is 0. The standard InChI is InChI=1S/C8H12BrN3O2S/c1-5(15(3,13)14)7-11-4-6(9)8(10-2)12-7/h4-5H,1-3H3,(H,10,11,12). The number of nitrogens with zero attached hydrogens (tertiary/aromatic N) is 2. The fourth-order valence-corrected chi connectivity index (χ4v) is 1.83. The molecule has 0 aliphatic rings. The van der Waals surface area contributed by atoms with Crippen LogP contribution in [0.5, 0.6) is 0 Å². The predicted octanol–water partition coefficient (Wildman–Crippen LogP) is 1.39. The molecule has 1 unspecified atom stereocenters. The monoisotopic (exact) mass is 293 g/mol. The summed E-state index contributed by atoms with van der Waals surface area (Å²) in [7, 11) is -1.45. The van der Waals surface area contributed by atoms with E-state index in [0.717, 1.165) is 0 Å². The molecular weight excluding hydrogens is 282 g/mol. The molecule has 1 N–H and O–H groups in total. The topological polar surface area (TPSA) is 72.0 Å². The molecule has 7 heteroatoms. The fourth-order valence-electron chi connectivity index (χ4n) is 0.943. The average Bonchev–Trinajstić information content (AvgIpc) is 2.16. The number of anilines is 1. The number of aromatic nitrogens is 2. The maximum Gasteiger partial charge on any atom is 0.157 e. The van der Waals surface area contributed by atoms with Crippen molar-refractivity contribution in [3.05, 3.63) is 16.5 Å². The molecule has 0 saturated heterocycles. The van der Waals surface area contributed by atoms with Crippen molar-refractivity contribution in [1.82, 2.24) is 9.97 Å². The van der Waals surface area contributed by atoms with Crippen LogP contribution in [0.3, 0.4) is 0 Å². The number of rotatable bonds is 3. The zero-order chi connectivity index (χ0) is 11.6. The lowest BCUT2D eigenvalue weighted by Gasteiger charge is -2.09. The Labute approximate surface area is 97.4 Å². The second-order valence-corrected chi connectivity index (χ2v) is 6.37. The molecule has 5 nitrogen and oxygen atoms in total.